The summed E-state index contributed by atoms with van der Waals surface area (Å²) in [5.41, 5.74) is 7.97. The highest BCUT2D eigenvalue weighted by Crippen LogP contribution is 2.30. The molecule has 2 heterocycles. The normalized spacial score (nSPS) is 11.2. The van der Waals surface area contributed by atoms with Gasteiger partial charge < -0.3 is 10.3 Å². The molecule has 0 saturated carbocycles. The highest BCUT2D eigenvalue weighted by atomic mass is 16.1. The summed E-state index contributed by atoms with van der Waals surface area (Å²) < 4.78 is 2.14. The lowest BCUT2D eigenvalue weighted by molar-refractivity contribution is 0.100. The fourth-order valence-electron chi connectivity index (χ4n) is 2.51. The van der Waals surface area contributed by atoms with E-state index in [1.807, 2.05) is 24.3 Å². The Morgan fingerprint density at radius 1 is 1.28 bits per heavy atom. The minimum absolute atomic E-state index is 0.438. The van der Waals surface area contributed by atoms with E-state index in [1.54, 1.807) is 6.20 Å². The molecule has 0 aliphatic carbocycles. The molecule has 0 bridgehead atoms. The Balaban J connectivity index is 2.60. The van der Waals surface area contributed by atoms with E-state index in [4.69, 9.17) is 5.73 Å². The number of nitrogens with two attached hydrogens (primary N) is 1. The minimum Gasteiger partial charge on any atom is -0.366 e. The van der Waals surface area contributed by atoms with E-state index in [0.29, 0.717) is 5.56 Å². The van der Waals surface area contributed by atoms with E-state index in [1.165, 1.54) is 6.20 Å². The molecule has 0 spiro atoms. The fourth-order valence-corrected chi connectivity index (χ4v) is 2.51. The number of pyridine rings is 1. The number of amides is 1. The van der Waals surface area contributed by atoms with Gasteiger partial charge in [-0.05, 0) is 13.0 Å². The van der Waals surface area contributed by atoms with E-state index < -0.39 is 5.91 Å². The van der Waals surface area contributed by atoms with Crippen molar-refractivity contribution in [1.82, 2.24) is 9.55 Å². The van der Waals surface area contributed by atoms with E-state index in [2.05, 4.69) is 16.5 Å². The Kier molecular flexibility index (Phi) is 2.30. The summed E-state index contributed by atoms with van der Waals surface area (Å²) >= 11 is 0. The van der Waals surface area contributed by atoms with Crippen LogP contribution in [0.1, 0.15) is 17.3 Å². The zero-order chi connectivity index (χ0) is 12.7. The first kappa shape index (κ1) is 10.8. The van der Waals surface area contributed by atoms with E-state index in [-0.39, 0.29) is 0 Å². The Labute approximate surface area is 104 Å². The molecule has 2 aromatic heterocycles. The van der Waals surface area contributed by atoms with Crippen molar-refractivity contribution in [3.8, 4) is 0 Å². The Morgan fingerprint density at radius 3 is 2.78 bits per heavy atom. The number of hydrogen-bond acceptors (Lipinski definition) is 2. The number of para-hydroxylation sites is 1. The van der Waals surface area contributed by atoms with Gasteiger partial charge in [0.2, 0.25) is 0 Å². The average Bonchev–Trinajstić information content (AvgIpc) is 2.72. The van der Waals surface area contributed by atoms with Gasteiger partial charge in [-0.2, -0.15) is 0 Å². The third-order valence-electron chi connectivity index (χ3n) is 3.26. The van der Waals surface area contributed by atoms with Crippen molar-refractivity contribution in [1.29, 1.82) is 0 Å². The molecule has 4 nitrogen and oxygen atoms in total. The van der Waals surface area contributed by atoms with Crippen molar-refractivity contribution in [3.63, 3.8) is 0 Å². The summed E-state index contributed by atoms with van der Waals surface area (Å²) in [5, 5.41) is 1.94. The molecule has 3 rings (SSSR count). The quantitative estimate of drug-likeness (QED) is 0.746. The number of aryl methyl sites for hydroxylation is 1. The van der Waals surface area contributed by atoms with Gasteiger partial charge in [0.25, 0.3) is 5.91 Å². The number of carbonyl (C=O) groups excluding carboxylic acids is 1. The van der Waals surface area contributed by atoms with E-state index in [9.17, 15) is 4.79 Å². The Morgan fingerprint density at radius 2 is 2.06 bits per heavy atom. The van der Waals surface area contributed by atoms with Crippen LogP contribution >= 0.6 is 0 Å². The number of nitrogens with zero attached hydrogens (tertiary/aromatic N) is 2. The zero-order valence-electron chi connectivity index (χ0n) is 10.1. The van der Waals surface area contributed by atoms with Gasteiger partial charge in [0.1, 0.15) is 0 Å². The molecule has 0 radical (unpaired) electrons. The molecular weight excluding hydrogens is 226 g/mol. The van der Waals surface area contributed by atoms with Gasteiger partial charge in [0, 0.05) is 29.0 Å². The third kappa shape index (κ3) is 1.32. The Hall–Kier alpha value is -2.36. The predicted molar refractivity (Wildman–Crippen MR) is 71.4 cm³/mol. The second-order valence-corrected chi connectivity index (χ2v) is 4.21. The largest absolute Gasteiger partial charge is 0.366 e. The second-order valence-electron chi connectivity index (χ2n) is 4.21. The van der Waals surface area contributed by atoms with Gasteiger partial charge in [-0.3, -0.25) is 9.78 Å². The van der Waals surface area contributed by atoms with Crippen molar-refractivity contribution in [3.05, 3.63) is 42.2 Å². The van der Waals surface area contributed by atoms with Crippen molar-refractivity contribution < 1.29 is 4.79 Å². The highest BCUT2D eigenvalue weighted by molar-refractivity contribution is 6.17. The van der Waals surface area contributed by atoms with Crippen LogP contribution in [0.5, 0.6) is 0 Å². The van der Waals surface area contributed by atoms with Crippen LogP contribution in [0.4, 0.5) is 0 Å². The SMILES string of the molecule is CCn1c2ccccc2c2c(C(N)=O)cncc21. The molecule has 4 heteroatoms. The van der Waals surface area contributed by atoms with Gasteiger partial charge in [-0.25, -0.2) is 0 Å². The number of rotatable bonds is 2. The summed E-state index contributed by atoms with van der Waals surface area (Å²) in [7, 11) is 0. The van der Waals surface area contributed by atoms with Crippen LogP contribution in [-0.2, 0) is 6.54 Å². The summed E-state index contributed by atoms with van der Waals surface area (Å²) in [5.74, 6) is -0.438. The molecular formula is C14H13N3O. The summed E-state index contributed by atoms with van der Waals surface area (Å²) in [4.78, 5) is 15.6. The molecule has 2 N–H and O–H groups in total. The summed E-state index contributed by atoms with van der Waals surface area (Å²) in [6, 6.07) is 8.01. The number of benzene rings is 1. The molecule has 0 aliphatic heterocycles. The van der Waals surface area contributed by atoms with Gasteiger partial charge in [0.15, 0.2) is 0 Å². The van der Waals surface area contributed by atoms with Crippen LogP contribution in [0.25, 0.3) is 21.8 Å². The number of carbonyl (C=O) groups is 1. The standard InChI is InChI=1S/C14H13N3O/c1-2-17-11-6-4-3-5-9(11)13-10(14(15)18)7-16-8-12(13)17/h3-8H,2H2,1H3,(H2,15,18). The fraction of sp³-hybridized carbons (Fsp3) is 0.143. The van der Waals surface area contributed by atoms with Crippen LogP contribution < -0.4 is 5.73 Å². The molecule has 0 aliphatic rings. The van der Waals surface area contributed by atoms with Crippen molar-refractivity contribution in [2.45, 2.75) is 13.5 Å². The van der Waals surface area contributed by atoms with Gasteiger partial charge in [-0.15, -0.1) is 0 Å². The zero-order valence-corrected chi connectivity index (χ0v) is 10.1. The van der Waals surface area contributed by atoms with Crippen LogP contribution in [0.15, 0.2) is 36.7 Å². The van der Waals surface area contributed by atoms with E-state index in [0.717, 1.165) is 28.4 Å². The lowest BCUT2D eigenvalue weighted by Crippen LogP contribution is -2.11. The monoisotopic (exact) mass is 239 g/mol. The van der Waals surface area contributed by atoms with Crippen LogP contribution in [0, 0.1) is 0 Å². The molecule has 1 aromatic carbocycles. The maximum Gasteiger partial charge on any atom is 0.250 e. The van der Waals surface area contributed by atoms with Crippen LogP contribution in [-0.4, -0.2) is 15.5 Å². The summed E-state index contributed by atoms with van der Waals surface area (Å²) in [6.45, 7) is 2.90. The number of fused-ring (bicyclic) bond motifs is 3. The smallest absolute Gasteiger partial charge is 0.250 e. The first-order valence-corrected chi connectivity index (χ1v) is 5.88. The molecule has 90 valence electrons. The van der Waals surface area contributed by atoms with Crippen LogP contribution in [0.2, 0.25) is 0 Å². The number of hydrogen-bond donors (Lipinski definition) is 1. The highest BCUT2D eigenvalue weighted by Gasteiger charge is 2.15. The maximum atomic E-state index is 11.5. The summed E-state index contributed by atoms with van der Waals surface area (Å²) in [6.07, 6.45) is 3.32. The first-order valence-electron chi connectivity index (χ1n) is 5.88. The molecule has 18 heavy (non-hydrogen) atoms. The van der Waals surface area contributed by atoms with Crippen molar-refractivity contribution in [2.24, 2.45) is 5.73 Å². The minimum atomic E-state index is -0.438. The van der Waals surface area contributed by atoms with Gasteiger partial charge in [0.05, 0.1) is 17.3 Å². The molecule has 0 unspecified atom stereocenters. The molecule has 0 fully saturated rings. The lowest BCUT2D eigenvalue weighted by Gasteiger charge is -2.02. The van der Waals surface area contributed by atoms with Crippen molar-refractivity contribution in [2.75, 3.05) is 0 Å². The third-order valence-corrected chi connectivity index (χ3v) is 3.26. The number of primary amides is 1. The predicted octanol–water partition coefficient (Wildman–Crippen LogP) is 2.31. The lowest BCUT2D eigenvalue weighted by atomic mass is 10.1. The molecule has 1 amide bonds. The van der Waals surface area contributed by atoms with Gasteiger partial charge >= 0.3 is 0 Å². The second kappa shape index (κ2) is 3.84. The maximum absolute atomic E-state index is 11.5. The molecule has 3 aromatic rings. The van der Waals surface area contributed by atoms with Gasteiger partial charge in [-0.1, -0.05) is 18.2 Å². The van der Waals surface area contributed by atoms with Crippen LogP contribution in [0.3, 0.4) is 0 Å². The average molecular weight is 239 g/mol. The van der Waals surface area contributed by atoms with Crippen molar-refractivity contribution >= 4 is 27.7 Å². The number of aromatic nitrogens is 2. The van der Waals surface area contributed by atoms with E-state index >= 15 is 0 Å². The topological polar surface area (TPSA) is 60.9 Å². The first-order chi connectivity index (χ1) is 8.74. The molecule has 0 saturated heterocycles. The Bertz CT molecular complexity index is 758. The molecule has 0 atom stereocenters.